The number of aromatic nitrogens is 3. The van der Waals surface area contributed by atoms with Gasteiger partial charge in [0.25, 0.3) is 11.5 Å². The van der Waals surface area contributed by atoms with Gasteiger partial charge in [0.1, 0.15) is 5.65 Å². The first kappa shape index (κ1) is 24.0. The van der Waals surface area contributed by atoms with Crippen LogP contribution in [0.3, 0.4) is 0 Å². The average Bonchev–Trinajstić information content (AvgIpc) is 3.25. The van der Waals surface area contributed by atoms with Gasteiger partial charge in [-0.05, 0) is 45.1 Å². The molecule has 1 saturated heterocycles. The molecule has 2 fully saturated rings. The smallest absolute Gasteiger partial charge is 0.291 e. The SMILES string of the molecule is CC(C)Cn1c(O)c(C(=O)NC2CC2)c(=O)n2ncc(C=CC(=O)N3CCC(C(C)(C)O)C3)c12. The molecule has 0 radical (unpaired) electrons. The van der Waals surface area contributed by atoms with Gasteiger partial charge in [-0.2, -0.15) is 9.61 Å². The molecule has 1 unspecified atom stereocenters. The van der Waals surface area contributed by atoms with Gasteiger partial charge in [0.2, 0.25) is 11.8 Å². The number of likely N-dealkylation sites (tertiary alicyclic amines) is 1. The Morgan fingerprint density at radius 3 is 2.59 bits per heavy atom. The number of amides is 2. The minimum absolute atomic E-state index is 0.00945. The Labute approximate surface area is 197 Å². The molecule has 10 nitrogen and oxygen atoms in total. The Morgan fingerprint density at radius 2 is 2.00 bits per heavy atom. The number of hydrogen-bond acceptors (Lipinski definition) is 6. The molecular weight excluding hydrogens is 438 g/mol. The summed E-state index contributed by atoms with van der Waals surface area (Å²) in [4.78, 5) is 40.2. The lowest BCUT2D eigenvalue weighted by molar-refractivity contribution is -0.125. The zero-order valence-corrected chi connectivity index (χ0v) is 20.1. The number of nitrogens with one attached hydrogen (secondary N) is 1. The van der Waals surface area contributed by atoms with E-state index in [1.807, 2.05) is 13.8 Å². The van der Waals surface area contributed by atoms with E-state index < -0.39 is 22.9 Å². The fraction of sp³-hybridized carbons (Fsp3) is 0.583. The molecule has 10 heteroatoms. The van der Waals surface area contributed by atoms with Crippen LogP contribution in [-0.2, 0) is 11.3 Å². The maximum Gasteiger partial charge on any atom is 0.291 e. The number of aliphatic hydroxyl groups is 1. The van der Waals surface area contributed by atoms with Gasteiger partial charge < -0.3 is 20.4 Å². The van der Waals surface area contributed by atoms with E-state index in [9.17, 15) is 24.6 Å². The Hall–Kier alpha value is -3.14. The Kier molecular flexibility index (Phi) is 6.28. The molecule has 184 valence electrons. The number of nitrogens with zero attached hydrogens (tertiary/aromatic N) is 4. The number of aromatic hydroxyl groups is 1. The van der Waals surface area contributed by atoms with Crippen LogP contribution < -0.4 is 10.9 Å². The van der Waals surface area contributed by atoms with Crippen LogP contribution in [0, 0.1) is 11.8 Å². The van der Waals surface area contributed by atoms with Crippen LogP contribution in [-0.4, -0.2) is 65.8 Å². The highest BCUT2D eigenvalue weighted by molar-refractivity contribution is 5.97. The summed E-state index contributed by atoms with van der Waals surface area (Å²) >= 11 is 0. The van der Waals surface area contributed by atoms with E-state index in [-0.39, 0.29) is 29.3 Å². The fourth-order valence-electron chi connectivity index (χ4n) is 4.35. The standard InChI is InChI=1S/C24H33N5O5/c1-14(2)12-28-21-15(5-8-18(30)27-10-9-16(13-27)24(3,4)34)11-25-29(21)23(33)19(22(28)32)20(31)26-17-6-7-17/h5,8,11,14,16-17,32,34H,6-7,9-10,12-13H2,1-4H3,(H,26,31). The van der Waals surface area contributed by atoms with E-state index in [1.54, 1.807) is 24.8 Å². The first-order valence-corrected chi connectivity index (χ1v) is 11.8. The van der Waals surface area contributed by atoms with E-state index in [1.165, 1.54) is 16.8 Å². The number of hydrogen-bond donors (Lipinski definition) is 3. The second-order valence-electron chi connectivity index (χ2n) is 10.3. The van der Waals surface area contributed by atoms with Gasteiger partial charge in [-0.3, -0.25) is 19.0 Å². The van der Waals surface area contributed by atoms with Gasteiger partial charge in [0, 0.05) is 43.2 Å². The average molecular weight is 472 g/mol. The molecule has 2 aromatic heterocycles. The summed E-state index contributed by atoms with van der Waals surface area (Å²) in [5.74, 6) is -1.10. The van der Waals surface area contributed by atoms with Crippen molar-refractivity contribution in [3.63, 3.8) is 0 Å². The molecule has 4 rings (SSSR count). The molecule has 3 heterocycles. The second kappa shape index (κ2) is 8.90. The normalized spacial score (nSPS) is 19.0. The molecule has 2 amide bonds. The summed E-state index contributed by atoms with van der Waals surface area (Å²) in [6, 6.07) is 0.0317. The summed E-state index contributed by atoms with van der Waals surface area (Å²) in [7, 11) is 0. The van der Waals surface area contributed by atoms with Gasteiger partial charge in [-0.1, -0.05) is 13.8 Å². The van der Waals surface area contributed by atoms with Crippen LogP contribution in [0.2, 0.25) is 0 Å². The van der Waals surface area contributed by atoms with Gasteiger partial charge in [0.05, 0.1) is 11.8 Å². The summed E-state index contributed by atoms with van der Waals surface area (Å²) in [5.41, 5.74) is -1.09. The molecule has 34 heavy (non-hydrogen) atoms. The summed E-state index contributed by atoms with van der Waals surface area (Å²) in [6.45, 7) is 8.80. The van der Waals surface area contributed by atoms with Crippen molar-refractivity contribution in [1.82, 2.24) is 24.4 Å². The van der Waals surface area contributed by atoms with Crippen molar-refractivity contribution >= 4 is 23.5 Å². The van der Waals surface area contributed by atoms with Crippen molar-refractivity contribution in [1.29, 1.82) is 0 Å². The molecule has 0 spiro atoms. The highest BCUT2D eigenvalue weighted by Crippen LogP contribution is 2.28. The zero-order chi connectivity index (χ0) is 24.8. The molecular formula is C24H33N5O5. The topological polar surface area (TPSA) is 129 Å². The largest absolute Gasteiger partial charge is 0.494 e. The number of carbonyl (C=O) groups excluding carboxylic acids is 2. The predicted octanol–water partition coefficient (Wildman–Crippen LogP) is 1.38. The molecule has 0 aromatic carbocycles. The third-order valence-corrected chi connectivity index (χ3v) is 6.50. The maximum absolute atomic E-state index is 13.1. The van der Waals surface area contributed by atoms with Crippen molar-refractivity contribution in [2.45, 2.75) is 65.1 Å². The lowest BCUT2D eigenvalue weighted by Crippen LogP contribution is -2.35. The van der Waals surface area contributed by atoms with Gasteiger partial charge in [-0.15, -0.1) is 0 Å². The highest BCUT2D eigenvalue weighted by atomic mass is 16.3. The lowest BCUT2D eigenvalue weighted by Gasteiger charge is -2.25. The van der Waals surface area contributed by atoms with Crippen LogP contribution in [0.1, 0.15) is 62.9 Å². The Morgan fingerprint density at radius 1 is 1.29 bits per heavy atom. The molecule has 1 saturated carbocycles. The Balaban J connectivity index is 1.68. The molecule has 1 atom stereocenters. The lowest BCUT2D eigenvalue weighted by atomic mass is 9.90. The van der Waals surface area contributed by atoms with E-state index in [0.29, 0.717) is 30.8 Å². The van der Waals surface area contributed by atoms with E-state index in [2.05, 4.69) is 10.4 Å². The monoisotopic (exact) mass is 471 g/mol. The van der Waals surface area contributed by atoms with Crippen LogP contribution in [0.25, 0.3) is 11.7 Å². The summed E-state index contributed by atoms with van der Waals surface area (Å²) < 4.78 is 2.61. The van der Waals surface area contributed by atoms with Gasteiger partial charge in [0.15, 0.2) is 5.56 Å². The second-order valence-corrected chi connectivity index (χ2v) is 10.3. The van der Waals surface area contributed by atoms with Gasteiger partial charge in [-0.25, -0.2) is 0 Å². The molecule has 0 bridgehead atoms. The van der Waals surface area contributed by atoms with Crippen LogP contribution >= 0.6 is 0 Å². The number of rotatable bonds is 7. The third kappa shape index (κ3) is 4.72. The molecule has 3 N–H and O–H groups in total. The van der Waals surface area contributed by atoms with Crippen LogP contribution in [0.5, 0.6) is 5.88 Å². The van der Waals surface area contributed by atoms with E-state index in [4.69, 9.17) is 0 Å². The van der Waals surface area contributed by atoms with Crippen molar-refractivity contribution in [2.75, 3.05) is 13.1 Å². The van der Waals surface area contributed by atoms with Crippen molar-refractivity contribution < 1.29 is 19.8 Å². The molecule has 1 aliphatic carbocycles. The van der Waals surface area contributed by atoms with Crippen molar-refractivity contribution in [3.8, 4) is 5.88 Å². The first-order valence-electron chi connectivity index (χ1n) is 11.8. The quantitative estimate of drug-likeness (QED) is 0.523. The minimum Gasteiger partial charge on any atom is -0.494 e. The number of fused-ring (bicyclic) bond motifs is 1. The third-order valence-electron chi connectivity index (χ3n) is 6.50. The number of carbonyl (C=O) groups is 2. The van der Waals surface area contributed by atoms with Crippen molar-refractivity contribution in [3.05, 3.63) is 33.8 Å². The van der Waals surface area contributed by atoms with E-state index in [0.717, 1.165) is 23.8 Å². The predicted molar refractivity (Wildman–Crippen MR) is 126 cm³/mol. The van der Waals surface area contributed by atoms with E-state index >= 15 is 0 Å². The Bertz CT molecular complexity index is 1200. The summed E-state index contributed by atoms with van der Waals surface area (Å²) in [5, 5.41) is 28.1. The summed E-state index contributed by atoms with van der Waals surface area (Å²) in [6.07, 6.45) is 6.87. The minimum atomic E-state index is -0.852. The maximum atomic E-state index is 13.1. The van der Waals surface area contributed by atoms with Crippen LogP contribution in [0.4, 0.5) is 0 Å². The molecule has 2 aromatic rings. The molecule has 2 aliphatic rings. The van der Waals surface area contributed by atoms with Gasteiger partial charge >= 0.3 is 0 Å². The fourth-order valence-corrected chi connectivity index (χ4v) is 4.35. The zero-order valence-electron chi connectivity index (χ0n) is 20.1. The van der Waals surface area contributed by atoms with Crippen LogP contribution in [0.15, 0.2) is 17.1 Å². The highest BCUT2D eigenvalue weighted by Gasteiger charge is 2.35. The first-order chi connectivity index (χ1) is 16.0. The molecule has 1 aliphatic heterocycles. The van der Waals surface area contributed by atoms with Crippen molar-refractivity contribution in [2.24, 2.45) is 11.8 Å².